The maximum Gasteiger partial charge on any atom is 3.00 e. The van der Waals surface area contributed by atoms with Crippen LogP contribution in [-0.4, -0.2) is 35.8 Å². The summed E-state index contributed by atoms with van der Waals surface area (Å²) in [7, 11) is 0. The number of carboxylic acids is 6. The van der Waals surface area contributed by atoms with Crippen LogP contribution < -0.4 is 30.6 Å². The van der Waals surface area contributed by atoms with Crippen molar-refractivity contribution in [2.24, 2.45) is 0 Å². The molecule has 0 aliphatic rings. The molecule has 0 atom stereocenters. The maximum absolute atomic E-state index is 10.9. The Morgan fingerprint density at radius 1 is 0.300 bits per heavy atom. The molecule has 0 amide bonds. The summed E-state index contributed by atoms with van der Waals surface area (Å²) in [5.74, 6) is -9.12. The van der Waals surface area contributed by atoms with Gasteiger partial charge in [0.25, 0.3) is 0 Å². The van der Waals surface area contributed by atoms with Gasteiger partial charge in [0.1, 0.15) is 0 Å². The first kappa shape index (κ1) is 40.1. The predicted molar refractivity (Wildman–Crippen MR) is 158 cm³/mol. The van der Waals surface area contributed by atoms with E-state index < -0.39 is 35.8 Å². The fraction of sp³-hybridized carbons (Fsp3) is 0. The minimum Gasteiger partial charge on any atom is -0.545 e. The van der Waals surface area contributed by atoms with Crippen LogP contribution in [0.5, 0.6) is 0 Å². The second-order valence-electron chi connectivity index (χ2n) is 9.85. The molecule has 6 rings (SSSR count). The Bertz CT molecular complexity index is 2030. The van der Waals surface area contributed by atoms with Gasteiger partial charge in [-0.25, -0.2) is 0 Å². The molecule has 248 valence electrons. The third kappa shape index (κ3) is 8.70. The van der Waals surface area contributed by atoms with Crippen LogP contribution in [0.15, 0.2) is 109 Å². The molecule has 0 saturated carbocycles. The van der Waals surface area contributed by atoms with Crippen molar-refractivity contribution in [3.8, 4) is 0 Å². The van der Waals surface area contributed by atoms with Crippen LogP contribution in [0.4, 0.5) is 0 Å². The Hall–Kier alpha value is -6.04. The number of fused-ring (bicyclic) bond motifs is 3. The summed E-state index contributed by atoms with van der Waals surface area (Å²) < 4.78 is 0. The fourth-order valence-electron chi connectivity index (χ4n) is 4.98. The van der Waals surface area contributed by atoms with Gasteiger partial charge >= 0.3 is 34.1 Å². The van der Waals surface area contributed by atoms with E-state index in [1.165, 1.54) is 54.6 Å². The van der Waals surface area contributed by atoms with E-state index in [9.17, 15) is 59.4 Å². The molecule has 0 bridgehead atoms. The van der Waals surface area contributed by atoms with Gasteiger partial charge in [-0.1, -0.05) is 109 Å². The van der Waals surface area contributed by atoms with Gasteiger partial charge in [-0.15, -0.1) is 0 Å². The summed E-state index contributed by atoms with van der Waals surface area (Å²) in [6.45, 7) is 0. The van der Waals surface area contributed by atoms with E-state index in [0.717, 1.165) is 0 Å². The summed E-state index contributed by atoms with van der Waals surface area (Å²) in [6, 6.07) is 28.0. The minimum absolute atomic E-state index is 0. The van der Waals surface area contributed by atoms with Crippen LogP contribution in [0.1, 0.15) is 62.1 Å². The van der Waals surface area contributed by atoms with E-state index in [0.29, 0.717) is 32.3 Å². The van der Waals surface area contributed by atoms with Gasteiger partial charge in [0.2, 0.25) is 0 Å². The molecule has 0 heterocycles. The molecular formula is C36H18Mn2O12. The molecule has 0 fully saturated rings. The van der Waals surface area contributed by atoms with Gasteiger partial charge in [-0.05, 0) is 32.3 Å². The van der Waals surface area contributed by atoms with Crippen molar-refractivity contribution in [1.82, 2.24) is 0 Å². The number of carbonyl (C=O) groups is 6. The standard InChI is InChI=1S/3C12H8O4.2Mn/c3*13-11(14)9-6-5-7-3-1-2-4-8(7)10(9)12(15)16;;/h3*1-6H,(H,13,14)(H,15,16);;/q;;;2*+3/p-6. The van der Waals surface area contributed by atoms with Gasteiger partial charge < -0.3 is 59.4 Å². The zero-order valence-electron chi connectivity index (χ0n) is 25.0. The van der Waals surface area contributed by atoms with Crippen LogP contribution in [0, 0.1) is 0 Å². The van der Waals surface area contributed by atoms with Crippen molar-refractivity contribution in [2.75, 3.05) is 0 Å². The van der Waals surface area contributed by atoms with E-state index >= 15 is 0 Å². The molecule has 0 aliphatic carbocycles. The summed E-state index contributed by atoms with van der Waals surface area (Å²) >= 11 is 0. The topological polar surface area (TPSA) is 241 Å². The molecule has 6 aromatic carbocycles. The number of hydrogen-bond donors (Lipinski definition) is 0. The first-order valence-corrected chi connectivity index (χ1v) is 13.7. The molecule has 6 aromatic rings. The first-order chi connectivity index (χ1) is 22.8. The molecule has 0 radical (unpaired) electrons. The van der Waals surface area contributed by atoms with Gasteiger partial charge in [0.05, 0.1) is 35.8 Å². The van der Waals surface area contributed by atoms with Crippen LogP contribution in [-0.2, 0) is 34.1 Å². The Balaban J connectivity index is 0.000000255. The quantitative estimate of drug-likeness (QED) is 0.180. The predicted octanol–water partition coefficient (Wildman–Crippen LogP) is -1.30. The molecule has 0 aromatic heterocycles. The normalized spacial score (nSPS) is 9.84. The smallest absolute Gasteiger partial charge is 0.545 e. The molecule has 0 spiro atoms. The van der Waals surface area contributed by atoms with E-state index in [2.05, 4.69) is 0 Å². The molecular weight excluding hydrogens is 734 g/mol. The Morgan fingerprint density at radius 3 is 0.720 bits per heavy atom. The first-order valence-electron chi connectivity index (χ1n) is 13.7. The Labute approximate surface area is 303 Å². The average Bonchev–Trinajstić information content (AvgIpc) is 3.06. The van der Waals surface area contributed by atoms with Gasteiger partial charge in [-0.2, -0.15) is 0 Å². The number of carboxylic acid groups (broad SMARTS) is 6. The van der Waals surface area contributed by atoms with Gasteiger partial charge in [0.15, 0.2) is 0 Å². The summed E-state index contributed by atoms with van der Waals surface area (Å²) in [5, 5.41) is 68.1. The van der Waals surface area contributed by atoms with Gasteiger partial charge in [0, 0.05) is 33.4 Å². The number of benzene rings is 6. The van der Waals surface area contributed by atoms with Crippen molar-refractivity contribution >= 4 is 68.1 Å². The summed E-state index contributed by atoms with van der Waals surface area (Å²) in [5.41, 5.74) is -2.09. The number of aromatic carboxylic acids is 6. The van der Waals surface area contributed by atoms with E-state index in [-0.39, 0.29) is 67.5 Å². The molecule has 0 aliphatic heterocycles. The van der Waals surface area contributed by atoms with Crippen LogP contribution >= 0.6 is 0 Å². The molecule has 14 heteroatoms. The van der Waals surface area contributed by atoms with Crippen molar-refractivity contribution < 1.29 is 93.5 Å². The monoisotopic (exact) mass is 752 g/mol. The SMILES string of the molecule is O=C([O-])c1ccc2ccccc2c1C(=O)[O-].O=C([O-])c1ccc2ccccc2c1C(=O)[O-].O=C([O-])c1ccc2ccccc2c1C(=O)[O-].[Mn+3].[Mn+3]. The average molecular weight is 752 g/mol. The van der Waals surface area contributed by atoms with Crippen molar-refractivity contribution in [2.45, 2.75) is 0 Å². The summed E-state index contributed by atoms with van der Waals surface area (Å²) in [6.07, 6.45) is 0. The zero-order chi connectivity index (χ0) is 35.1. The van der Waals surface area contributed by atoms with Gasteiger partial charge in [-0.3, -0.25) is 0 Å². The molecule has 0 N–H and O–H groups in total. The van der Waals surface area contributed by atoms with Crippen LogP contribution in [0.3, 0.4) is 0 Å². The third-order valence-corrected chi connectivity index (χ3v) is 7.06. The number of hydrogen-bond acceptors (Lipinski definition) is 12. The molecule has 50 heavy (non-hydrogen) atoms. The molecule has 0 unspecified atom stereocenters. The fourth-order valence-corrected chi connectivity index (χ4v) is 4.98. The number of carbonyl (C=O) groups excluding carboxylic acids is 6. The zero-order valence-corrected chi connectivity index (χ0v) is 27.4. The van der Waals surface area contributed by atoms with E-state index in [1.54, 1.807) is 54.6 Å². The van der Waals surface area contributed by atoms with E-state index in [4.69, 9.17) is 0 Å². The van der Waals surface area contributed by atoms with E-state index in [1.807, 2.05) is 0 Å². The minimum atomic E-state index is -1.52. The van der Waals surface area contributed by atoms with Crippen molar-refractivity contribution in [3.05, 3.63) is 143 Å². The van der Waals surface area contributed by atoms with Crippen LogP contribution in [0.2, 0.25) is 0 Å². The number of rotatable bonds is 6. The Morgan fingerprint density at radius 2 is 0.520 bits per heavy atom. The second kappa shape index (κ2) is 17.4. The molecule has 0 saturated heterocycles. The second-order valence-corrected chi connectivity index (χ2v) is 9.85. The maximum atomic E-state index is 10.9. The summed E-state index contributed by atoms with van der Waals surface area (Å²) in [4.78, 5) is 65.1. The largest absolute Gasteiger partial charge is 3.00 e. The van der Waals surface area contributed by atoms with Crippen molar-refractivity contribution in [3.63, 3.8) is 0 Å². The van der Waals surface area contributed by atoms with Crippen LogP contribution in [0.25, 0.3) is 32.3 Å². The van der Waals surface area contributed by atoms with Crippen molar-refractivity contribution in [1.29, 1.82) is 0 Å². The molecule has 12 nitrogen and oxygen atoms in total. The Kier molecular flexibility index (Phi) is 14.0. The third-order valence-electron chi connectivity index (χ3n) is 7.06.